The molecule has 0 atom stereocenters. The normalized spacial score (nSPS) is 10.7. The lowest BCUT2D eigenvalue weighted by Gasteiger charge is -2.04. The summed E-state index contributed by atoms with van der Waals surface area (Å²) in [6.07, 6.45) is 1.82. The summed E-state index contributed by atoms with van der Waals surface area (Å²) in [6.45, 7) is 8.40. The second-order valence-corrected chi connectivity index (χ2v) is 6.57. The van der Waals surface area contributed by atoms with Gasteiger partial charge in [-0.3, -0.25) is 0 Å². The molecular weight excluding hydrogens is 297 g/mol. The van der Waals surface area contributed by atoms with Crippen LogP contribution in [0.2, 0.25) is 0 Å². The van der Waals surface area contributed by atoms with Gasteiger partial charge in [-0.05, 0) is 60.1 Å². The Labute approximate surface area is 137 Å². The maximum absolute atomic E-state index is 12.7. The van der Waals surface area contributed by atoms with E-state index in [4.69, 9.17) is 0 Å². The average molecular weight is 322 g/mol. The van der Waals surface area contributed by atoms with Gasteiger partial charge < -0.3 is 0 Å². The van der Waals surface area contributed by atoms with Crippen LogP contribution >= 0.6 is 0 Å². The summed E-state index contributed by atoms with van der Waals surface area (Å²) in [5, 5.41) is 0. The van der Waals surface area contributed by atoms with E-state index >= 15 is 0 Å². The minimum atomic E-state index is -0.775. The smallest absolute Gasteiger partial charge is 0.159 e. The monoisotopic (exact) mass is 322 g/mol. The standard InChI is InChI=1S/C10H12F2.C10H13F/c1-7(2)5-8-3-4-9(11)10(12)6-8;1-8(2)7-9-3-5-10(11)6-4-9/h3-4,6-7H,5H2,1-2H3;3-6,8H,7H2,1-2H3. The van der Waals surface area contributed by atoms with Crippen LogP contribution in [0.4, 0.5) is 13.2 Å². The molecule has 3 heteroatoms. The number of hydrogen-bond donors (Lipinski definition) is 0. The molecule has 0 N–H and O–H groups in total. The summed E-state index contributed by atoms with van der Waals surface area (Å²) >= 11 is 0. The summed E-state index contributed by atoms with van der Waals surface area (Å²) < 4.78 is 37.5. The van der Waals surface area contributed by atoms with Crippen LogP contribution in [0.25, 0.3) is 0 Å². The summed E-state index contributed by atoms with van der Waals surface area (Å²) in [4.78, 5) is 0. The van der Waals surface area contributed by atoms with Crippen LogP contribution in [-0.4, -0.2) is 0 Å². The molecule has 0 radical (unpaired) electrons. The molecule has 0 aliphatic heterocycles. The number of halogens is 3. The Morgan fingerprint density at radius 2 is 1.13 bits per heavy atom. The van der Waals surface area contributed by atoms with Crippen LogP contribution in [-0.2, 0) is 12.8 Å². The fraction of sp³-hybridized carbons (Fsp3) is 0.400. The van der Waals surface area contributed by atoms with E-state index in [0.717, 1.165) is 18.4 Å². The molecule has 2 aromatic rings. The molecule has 0 unspecified atom stereocenters. The zero-order valence-electron chi connectivity index (χ0n) is 14.2. The molecule has 0 heterocycles. The fourth-order valence-electron chi connectivity index (χ4n) is 2.23. The SMILES string of the molecule is CC(C)Cc1ccc(F)c(F)c1.CC(C)Cc1ccc(F)cc1. The molecule has 126 valence electrons. The first-order valence-corrected chi connectivity index (χ1v) is 7.96. The van der Waals surface area contributed by atoms with Crippen molar-refractivity contribution >= 4 is 0 Å². The van der Waals surface area contributed by atoms with Gasteiger partial charge in [0.05, 0.1) is 0 Å². The third-order valence-electron chi connectivity index (χ3n) is 3.19. The van der Waals surface area contributed by atoms with E-state index in [2.05, 4.69) is 13.8 Å². The van der Waals surface area contributed by atoms with E-state index in [9.17, 15) is 13.2 Å². The quantitative estimate of drug-likeness (QED) is 0.630. The Hall–Kier alpha value is -1.77. The first-order valence-electron chi connectivity index (χ1n) is 7.96. The van der Waals surface area contributed by atoms with E-state index in [0.29, 0.717) is 11.8 Å². The van der Waals surface area contributed by atoms with Gasteiger partial charge in [-0.2, -0.15) is 0 Å². The lowest BCUT2D eigenvalue weighted by Crippen LogP contribution is -1.95. The van der Waals surface area contributed by atoms with Crippen molar-refractivity contribution in [3.8, 4) is 0 Å². The molecule has 0 fully saturated rings. The van der Waals surface area contributed by atoms with Crippen molar-refractivity contribution in [1.82, 2.24) is 0 Å². The van der Waals surface area contributed by atoms with Crippen LogP contribution in [0.1, 0.15) is 38.8 Å². The van der Waals surface area contributed by atoms with Gasteiger partial charge in [-0.25, -0.2) is 13.2 Å². The summed E-state index contributed by atoms with van der Waals surface area (Å²) in [5.41, 5.74) is 2.06. The van der Waals surface area contributed by atoms with Gasteiger partial charge in [0.15, 0.2) is 11.6 Å². The highest BCUT2D eigenvalue weighted by molar-refractivity contribution is 5.18. The van der Waals surface area contributed by atoms with Crippen molar-refractivity contribution < 1.29 is 13.2 Å². The van der Waals surface area contributed by atoms with E-state index in [-0.39, 0.29) is 5.82 Å². The van der Waals surface area contributed by atoms with Crippen LogP contribution in [0.5, 0.6) is 0 Å². The molecule has 0 saturated heterocycles. The molecule has 23 heavy (non-hydrogen) atoms. The number of benzene rings is 2. The van der Waals surface area contributed by atoms with Crippen molar-refractivity contribution in [2.45, 2.75) is 40.5 Å². The van der Waals surface area contributed by atoms with Gasteiger partial charge in [-0.15, -0.1) is 0 Å². The van der Waals surface area contributed by atoms with Crippen molar-refractivity contribution in [3.63, 3.8) is 0 Å². The first-order chi connectivity index (χ1) is 10.8. The molecule has 2 rings (SSSR count). The summed E-state index contributed by atoms with van der Waals surface area (Å²) in [7, 11) is 0. The molecular formula is C20H25F3. The third-order valence-corrected chi connectivity index (χ3v) is 3.19. The molecule has 0 saturated carbocycles. The second-order valence-electron chi connectivity index (χ2n) is 6.57. The third kappa shape index (κ3) is 7.87. The van der Waals surface area contributed by atoms with E-state index < -0.39 is 11.6 Å². The van der Waals surface area contributed by atoms with Crippen LogP contribution in [0, 0.1) is 29.3 Å². The largest absolute Gasteiger partial charge is 0.207 e. The van der Waals surface area contributed by atoms with Crippen LogP contribution < -0.4 is 0 Å². The zero-order chi connectivity index (χ0) is 17.4. The summed E-state index contributed by atoms with van der Waals surface area (Å²) in [5.74, 6) is -0.580. The lowest BCUT2D eigenvalue weighted by atomic mass is 10.0. The maximum Gasteiger partial charge on any atom is 0.159 e. The van der Waals surface area contributed by atoms with E-state index in [1.165, 1.54) is 29.8 Å². The fourth-order valence-corrected chi connectivity index (χ4v) is 2.23. The minimum Gasteiger partial charge on any atom is -0.207 e. The zero-order valence-corrected chi connectivity index (χ0v) is 14.2. The molecule has 0 nitrogen and oxygen atoms in total. The highest BCUT2D eigenvalue weighted by Gasteiger charge is 2.03. The average Bonchev–Trinajstić information content (AvgIpc) is 2.45. The molecule has 0 aliphatic rings. The van der Waals surface area contributed by atoms with Gasteiger partial charge in [-0.1, -0.05) is 45.9 Å². The molecule has 0 bridgehead atoms. The van der Waals surface area contributed by atoms with Crippen molar-refractivity contribution in [3.05, 3.63) is 71.0 Å². The molecule has 0 aromatic heterocycles. The Morgan fingerprint density at radius 3 is 1.61 bits per heavy atom. The first kappa shape index (κ1) is 19.3. The Kier molecular flexibility index (Phi) is 7.87. The van der Waals surface area contributed by atoms with Gasteiger partial charge in [0.1, 0.15) is 5.82 Å². The van der Waals surface area contributed by atoms with Crippen molar-refractivity contribution in [2.75, 3.05) is 0 Å². The van der Waals surface area contributed by atoms with Crippen LogP contribution in [0.15, 0.2) is 42.5 Å². The predicted molar refractivity (Wildman–Crippen MR) is 89.8 cm³/mol. The Bertz CT molecular complexity index is 586. The van der Waals surface area contributed by atoms with Gasteiger partial charge in [0, 0.05) is 0 Å². The second kappa shape index (κ2) is 9.39. The van der Waals surface area contributed by atoms with Gasteiger partial charge in [0.2, 0.25) is 0 Å². The highest BCUT2D eigenvalue weighted by Crippen LogP contribution is 2.12. The lowest BCUT2D eigenvalue weighted by molar-refractivity contribution is 0.505. The molecule has 0 aliphatic carbocycles. The molecule has 0 amide bonds. The van der Waals surface area contributed by atoms with Crippen molar-refractivity contribution in [1.29, 1.82) is 0 Å². The Morgan fingerprint density at radius 1 is 0.652 bits per heavy atom. The van der Waals surface area contributed by atoms with Gasteiger partial charge >= 0.3 is 0 Å². The minimum absolute atomic E-state index is 0.155. The van der Waals surface area contributed by atoms with E-state index in [1.54, 1.807) is 6.07 Å². The topological polar surface area (TPSA) is 0 Å². The molecule has 2 aromatic carbocycles. The van der Waals surface area contributed by atoms with E-state index in [1.807, 2.05) is 26.0 Å². The Balaban J connectivity index is 0.000000231. The maximum atomic E-state index is 12.7. The number of rotatable bonds is 4. The van der Waals surface area contributed by atoms with Crippen molar-refractivity contribution in [2.24, 2.45) is 11.8 Å². The predicted octanol–water partition coefficient (Wildman–Crippen LogP) is 6.19. The number of hydrogen-bond acceptors (Lipinski definition) is 0. The van der Waals surface area contributed by atoms with Gasteiger partial charge in [0.25, 0.3) is 0 Å². The van der Waals surface area contributed by atoms with Crippen LogP contribution in [0.3, 0.4) is 0 Å². The summed E-state index contributed by atoms with van der Waals surface area (Å²) in [6, 6.07) is 10.8. The highest BCUT2D eigenvalue weighted by atomic mass is 19.2. The molecule has 0 spiro atoms.